The third kappa shape index (κ3) is 30.9. The van der Waals surface area contributed by atoms with Crippen molar-refractivity contribution in [3.8, 4) is 0 Å². The number of ketones is 2. The number of alkyl carbamates (subject to hydrolysis) is 2. The highest BCUT2D eigenvalue weighted by molar-refractivity contribution is 6.68. The molecule has 2 amide bonds. The number of nitrogens with one attached hydrogen (secondary N) is 2. The molecule has 0 radical (unpaired) electrons. The normalized spacial score (nSPS) is 13.3. The molecule has 0 aliphatic carbocycles. The fraction of sp³-hybridized carbons (Fsp3) is 0.714. The Balaban J connectivity index is 0. The van der Waals surface area contributed by atoms with E-state index in [2.05, 4.69) is 10.6 Å². The van der Waals surface area contributed by atoms with Crippen LogP contribution in [0.1, 0.15) is 81.1 Å². The lowest BCUT2D eigenvalue weighted by molar-refractivity contribution is -0.146. The number of ether oxygens (including phenoxy) is 4. The summed E-state index contributed by atoms with van der Waals surface area (Å²) in [6.07, 6.45) is 2.05. The van der Waals surface area contributed by atoms with Gasteiger partial charge in [-0.3, -0.25) is 4.79 Å². The molecule has 2 atom stereocenters. The predicted molar refractivity (Wildman–Crippen MR) is 178 cm³/mol. The Morgan fingerprint density at radius 1 is 0.674 bits per heavy atom. The third-order valence-corrected chi connectivity index (χ3v) is 5.11. The van der Waals surface area contributed by atoms with Crippen LogP contribution in [0.3, 0.4) is 0 Å². The van der Waals surface area contributed by atoms with Crippen molar-refractivity contribution in [1.82, 2.24) is 10.6 Å². The average molecular weight is 779 g/mol. The number of halogens is 6. The summed E-state index contributed by atoms with van der Waals surface area (Å²) in [5.74, 6) is -1.78. The Bertz CT molecular complexity index is 1060. The van der Waals surface area contributed by atoms with E-state index in [4.69, 9.17) is 88.6 Å². The summed E-state index contributed by atoms with van der Waals surface area (Å²) in [7, 11) is 0. The molecule has 266 valence electrons. The zero-order valence-corrected chi connectivity index (χ0v) is 31.4. The van der Waals surface area contributed by atoms with Crippen LogP contribution in [0.4, 0.5) is 9.59 Å². The number of hydrogen-bond acceptors (Lipinski definition) is 10. The summed E-state index contributed by atoms with van der Waals surface area (Å²) < 4.78 is 16.3. The molecule has 0 rings (SSSR count). The second-order valence-corrected chi connectivity index (χ2v) is 16.7. The van der Waals surface area contributed by atoms with Crippen molar-refractivity contribution in [2.24, 2.45) is 0 Å². The molecule has 0 aliphatic rings. The number of Topliss-reactive ketones (excluding diaryl/α,β-unsaturated/α-hetero) is 1. The van der Waals surface area contributed by atoms with Crippen molar-refractivity contribution in [3.63, 3.8) is 0 Å². The first kappa shape index (κ1) is 46.4. The fourth-order valence-corrected chi connectivity index (χ4v) is 3.12. The smallest absolute Gasteiger partial charge is 0.408 e. The molecule has 0 heterocycles. The van der Waals surface area contributed by atoms with Gasteiger partial charge in [-0.1, -0.05) is 75.7 Å². The van der Waals surface area contributed by atoms with E-state index in [1.165, 1.54) is 26.0 Å². The monoisotopic (exact) mass is 776 g/mol. The van der Waals surface area contributed by atoms with Gasteiger partial charge in [0.2, 0.25) is 7.59 Å². The van der Waals surface area contributed by atoms with E-state index >= 15 is 0 Å². The van der Waals surface area contributed by atoms with Crippen LogP contribution >= 0.6 is 69.6 Å². The Kier molecular flexibility index (Phi) is 21.5. The first-order chi connectivity index (χ1) is 20.6. The molecule has 0 spiro atoms. The zero-order valence-electron chi connectivity index (χ0n) is 26.9. The summed E-state index contributed by atoms with van der Waals surface area (Å²) in [5, 5.41) is 4.76. The molecule has 46 heavy (non-hydrogen) atoms. The quantitative estimate of drug-likeness (QED) is 0.0872. The molecule has 2 N–H and O–H groups in total. The molecule has 0 unspecified atom stereocenters. The predicted octanol–water partition coefficient (Wildman–Crippen LogP) is 6.88. The Hall–Kier alpha value is -1.70. The summed E-state index contributed by atoms with van der Waals surface area (Å²) >= 11 is 33.1. The summed E-state index contributed by atoms with van der Waals surface area (Å²) in [4.78, 5) is 69.4. The van der Waals surface area contributed by atoms with Gasteiger partial charge in [-0.25, -0.2) is 19.2 Å². The summed E-state index contributed by atoms with van der Waals surface area (Å²) in [6.45, 7) is 12.0. The van der Waals surface area contributed by atoms with Gasteiger partial charge in [0, 0.05) is 6.42 Å². The number of carbonyl (C=O) groups excluding carboxylic acids is 6. The lowest BCUT2D eigenvalue weighted by atomic mass is 10.1. The molecule has 18 heteroatoms. The fourth-order valence-electron chi connectivity index (χ4n) is 2.79. The number of carbonyl (C=O) groups is 6. The highest BCUT2D eigenvalue weighted by Crippen LogP contribution is 2.27. The van der Waals surface area contributed by atoms with Crippen molar-refractivity contribution in [3.05, 3.63) is 12.2 Å². The van der Waals surface area contributed by atoms with E-state index in [1.807, 2.05) is 0 Å². The van der Waals surface area contributed by atoms with E-state index in [9.17, 15) is 28.8 Å². The summed E-state index contributed by atoms with van der Waals surface area (Å²) in [6, 6.07) is -2.07. The van der Waals surface area contributed by atoms with Crippen LogP contribution in [0, 0.1) is 0 Å². The van der Waals surface area contributed by atoms with Gasteiger partial charge in [0.05, 0.1) is 0 Å². The van der Waals surface area contributed by atoms with Crippen LogP contribution in [0.25, 0.3) is 0 Å². The van der Waals surface area contributed by atoms with Crippen LogP contribution in [-0.2, 0) is 38.1 Å². The minimum Gasteiger partial charge on any atom is -0.460 e. The SMILES string of the molecule is CC(=O)/C=C/C[C@@H](NC(=O)OC(C)(C)C)C(=O)OCC(Cl)(Cl)Cl.CC(=O)CCC[C@@H](NC(=O)OC(C)(C)C)C(=O)OCC(Cl)(Cl)Cl. The molecule has 12 nitrogen and oxygen atoms in total. The van der Waals surface area contributed by atoms with E-state index < -0.39 is 68.2 Å². The van der Waals surface area contributed by atoms with Gasteiger partial charge < -0.3 is 34.4 Å². The number of amides is 2. The van der Waals surface area contributed by atoms with Crippen molar-refractivity contribution >= 4 is 105 Å². The van der Waals surface area contributed by atoms with Gasteiger partial charge in [0.15, 0.2) is 5.78 Å². The highest BCUT2D eigenvalue weighted by atomic mass is 35.6. The van der Waals surface area contributed by atoms with Crippen LogP contribution in [0.15, 0.2) is 12.2 Å². The van der Waals surface area contributed by atoms with Crippen LogP contribution < -0.4 is 10.6 Å². The van der Waals surface area contributed by atoms with Crippen LogP contribution in [0.5, 0.6) is 0 Å². The van der Waals surface area contributed by atoms with Gasteiger partial charge in [-0.05, 0) is 80.7 Å². The molecular formula is C28H42Cl6N2O10. The first-order valence-corrected chi connectivity index (χ1v) is 16.0. The third-order valence-electron chi connectivity index (χ3n) is 4.45. The molecule has 0 aromatic carbocycles. The van der Waals surface area contributed by atoms with Gasteiger partial charge in [0.25, 0.3) is 0 Å². The topological polar surface area (TPSA) is 163 Å². The molecule has 0 saturated heterocycles. The second kappa shape index (κ2) is 21.3. The molecular weight excluding hydrogens is 737 g/mol. The minimum atomic E-state index is -1.76. The van der Waals surface area contributed by atoms with Crippen molar-refractivity contribution in [2.75, 3.05) is 13.2 Å². The zero-order chi connectivity index (χ0) is 36.5. The Morgan fingerprint density at radius 3 is 1.41 bits per heavy atom. The van der Waals surface area contributed by atoms with Crippen molar-refractivity contribution < 1.29 is 47.7 Å². The van der Waals surface area contributed by atoms with Gasteiger partial charge in [0.1, 0.15) is 42.3 Å². The number of hydrogen-bond donors (Lipinski definition) is 2. The van der Waals surface area contributed by atoms with E-state index in [0.717, 1.165) is 0 Å². The molecule has 0 bridgehead atoms. The number of rotatable bonds is 13. The van der Waals surface area contributed by atoms with Crippen molar-refractivity contribution in [2.45, 2.75) is 112 Å². The lowest BCUT2D eigenvalue weighted by Crippen LogP contribution is -2.44. The molecule has 0 fully saturated rings. The van der Waals surface area contributed by atoms with E-state index in [1.54, 1.807) is 41.5 Å². The van der Waals surface area contributed by atoms with Gasteiger partial charge in [-0.15, -0.1) is 0 Å². The maximum Gasteiger partial charge on any atom is 0.408 e. The van der Waals surface area contributed by atoms with Crippen LogP contribution in [0.2, 0.25) is 0 Å². The van der Waals surface area contributed by atoms with Crippen molar-refractivity contribution in [1.29, 1.82) is 0 Å². The number of allylic oxidation sites excluding steroid dienone is 1. The molecule has 0 saturated carbocycles. The largest absolute Gasteiger partial charge is 0.460 e. The van der Waals surface area contributed by atoms with E-state index in [-0.39, 0.29) is 30.8 Å². The lowest BCUT2D eigenvalue weighted by Gasteiger charge is -2.23. The van der Waals surface area contributed by atoms with Gasteiger partial charge >= 0.3 is 24.1 Å². The maximum atomic E-state index is 12.0. The number of esters is 2. The minimum absolute atomic E-state index is 0.0179. The average Bonchev–Trinajstić information content (AvgIpc) is 2.81. The van der Waals surface area contributed by atoms with Gasteiger partial charge in [-0.2, -0.15) is 0 Å². The second-order valence-electron chi connectivity index (χ2n) is 11.7. The molecule has 0 aromatic rings. The Labute approximate surface area is 299 Å². The molecule has 0 aliphatic heterocycles. The number of alkyl halides is 6. The highest BCUT2D eigenvalue weighted by Gasteiger charge is 2.30. The first-order valence-electron chi connectivity index (χ1n) is 13.7. The van der Waals surface area contributed by atoms with E-state index in [0.29, 0.717) is 6.42 Å². The summed E-state index contributed by atoms with van der Waals surface area (Å²) in [5.41, 5.74) is -1.44. The Morgan fingerprint density at radius 2 is 1.07 bits per heavy atom. The molecule has 0 aromatic heterocycles. The standard InChI is InChI=1S/C14H22Cl3NO5.C14H20Cl3NO5/c2*1-9(19)6-5-7-10(11(20)22-8-14(15,16)17)18-12(21)23-13(2,3)4/h10H,5-8H2,1-4H3,(H,18,21);5-6,10H,7-8H2,1-4H3,(H,18,21)/b;6-5+/t2*10-/m11/s1. The van der Waals surface area contributed by atoms with Crippen LogP contribution in [-0.4, -0.2) is 79.8 Å². The maximum absolute atomic E-state index is 12.0.